The number of carbonyl (C=O) groups excluding carboxylic acids is 1. The fraction of sp³-hybridized carbons (Fsp3) is 0.462. The zero-order valence-electron chi connectivity index (χ0n) is 10.5. The second-order valence-electron chi connectivity index (χ2n) is 4.32. The second-order valence-corrected chi connectivity index (χ2v) is 5.23. The first kappa shape index (κ1) is 15.1. The lowest BCUT2D eigenvalue weighted by Gasteiger charge is -2.17. The highest BCUT2D eigenvalue weighted by atomic mass is 79.9. The molecular weight excluding hydrogens is 294 g/mol. The van der Waals surface area contributed by atoms with Gasteiger partial charge in [0.15, 0.2) is 0 Å². The van der Waals surface area contributed by atoms with Gasteiger partial charge in [0.05, 0.1) is 12.1 Å². The Morgan fingerprint density at radius 2 is 2.00 bits per heavy atom. The summed E-state index contributed by atoms with van der Waals surface area (Å²) in [6.45, 7) is 2.50. The summed E-state index contributed by atoms with van der Waals surface area (Å²) in [5.41, 5.74) is 12.2. The maximum Gasteiger partial charge on any atom is 0.237 e. The molecule has 0 fully saturated rings. The van der Waals surface area contributed by atoms with E-state index in [4.69, 9.17) is 11.5 Å². The zero-order valence-corrected chi connectivity index (χ0v) is 12.1. The Bertz CT molecular complexity index is 380. The van der Waals surface area contributed by atoms with E-state index in [9.17, 15) is 4.79 Å². The number of benzene rings is 1. The molecule has 0 aliphatic heterocycles. The van der Waals surface area contributed by atoms with E-state index >= 15 is 0 Å². The Balaban J connectivity index is 2.51. The van der Waals surface area contributed by atoms with Crippen LogP contribution in [-0.2, 0) is 4.79 Å². The van der Waals surface area contributed by atoms with Gasteiger partial charge in [-0.3, -0.25) is 4.79 Å². The summed E-state index contributed by atoms with van der Waals surface area (Å²) < 4.78 is 1.02. The molecule has 1 amide bonds. The molecule has 1 rings (SSSR count). The van der Waals surface area contributed by atoms with E-state index < -0.39 is 6.04 Å². The summed E-state index contributed by atoms with van der Waals surface area (Å²) in [4.78, 5) is 11.8. The number of rotatable bonds is 6. The van der Waals surface area contributed by atoms with Crippen molar-refractivity contribution in [2.24, 2.45) is 11.5 Å². The molecule has 2 atom stereocenters. The van der Waals surface area contributed by atoms with Crippen LogP contribution in [0.2, 0.25) is 0 Å². The van der Waals surface area contributed by atoms with Gasteiger partial charge in [0.25, 0.3) is 0 Å². The largest absolute Gasteiger partial charge is 0.348 e. The highest BCUT2D eigenvalue weighted by Gasteiger charge is 2.15. The Hall–Kier alpha value is -0.910. The van der Waals surface area contributed by atoms with E-state index in [0.717, 1.165) is 16.5 Å². The highest BCUT2D eigenvalue weighted by molar-refractivity contribution is 9.10. The van der Waals surface area contributed by atoms with Crippen molar-refractivity contribution < 1.29 is 4.79 Å². The molecule has 5 N–H and O–H groups in total. The zero-order chi connectivity index (χ0) is 13.5. The minimum Gasteiger partial charge on any atom is -0.348 e. The van der Waals surface area contributed by atoms with E-state index in [0.29, 0.717) is 13.0 Å². The number of hydrogen-bond acceptors (Lipinski definition) is 3. The maximum atomic E-state index is 11.8. The highest BCUT2D eigenvalue weighted by Crippen LogP contribution is 2.16. The summed E-state index contributed by atoms with van der Waals surface area (Å²) in [6, 6.07) is 7.32. The van der Waals surface area contributed by atoms with Gasteiger partial charge in [0, 0.05) is 4.47 Å². The van der Waals surface area contributed by atoms with Crippen LogP contribution in [0.25, 0.3) is 0 Å². The van der Waals surface area contributed by atoms with Crippen LogP contribution in [0.15, 0.2) is 28.7 Å². The third-order valence-corrected chi connectivity index (χ3v) is 3.31. The van der Waals surface area contributed by atoms with Crippen LogP contribution in [0.1, 0.15) is 31.4 Å². The second kappa shape index (κ2) is 7.51. The lowest BCUT2D eigenvalue weighted by Crippen LogP contribution is -2.41. The van der Waals surface area contributed by atoms with Crippen molar-refractivity contribution in [3.05, 3.63) is 34.3 Å². The average Bonchev–Trinajstić information content (AvgIpc) is 2.36. The normalized spacial score (nSPS) is 14.0. The Morgan fingerprint density at radius 3 is 2.56 bits per heavy atom. The number of nitrogens with two attached hydrogens (primary N) is 2. The standard InChI is InChI=1S/C13H20BrN3O/c1-9(10-4-6-11(14)7-5-10)17-13(18)12(16)3-2-8-15/h4-7,9,12H,2-3,8,15-16H2,1H3,(H,17,18)/t9?,12-/m1/s1. The minimum atomic E-state index is -0.480. The first-order valence-corrected chi connectivity index (χ1v) is 6.85. The van der Waals surface area contributed by atoms with Crippen LogP contribution in [0, 0.1) is 0 Å². The Labute approximate surface area is 116 Å². The van der Waals surface area contributed by atoms with Gasteiger partial charge in [-0.2, -0.15) is 0 Å². The number of hydrogen-bond donors (Lipinski definition) is 3. The van der Waals surface area contributed by atoms with Crippen molar-refractivity contribution in [3.8, 4) is 0 Å². The molecule has 5 heteroatoms. The van der Waals surface area contributed by atoms with Crippen LogP contribution in [0.3, 0.4) is 0 Å². The predicted octanol–water partition coefficient (Wildman–Crippen LogP) is 1.69. The van der Waals surface area contributed by atoms with Gasteiger partial charge in [0.2, 0.25) is 5.91 Å². The molecule has 1 aromatic carbocycles. The summed E-state index contributed by atoms with van der Waals surface area (Å²) in [7, 11) is 0. The van der Waals surface area contributed by atoms with E-state index in [-0.39, 0.29) is 11.9 Å². The molecule has 100 valence electrons. The van der Waals surface area contributed by atoms with E-state index in [1.165, 1.54) is 0 Å². The van der Waals surface area contributed by atoms with Crippen molar-refractivity contribution in [3.63, 3.8) is 0 Å². The van der Waals surface area contributed by atoms with Gasteiger partial charge >= 0.3 is 0 Å². The van der Waals surface area contributed by atoms with Gasteiger partial charge in [0.1, 0.15) is 0 Å². The molecule has 0 aliphatic rings. The van der Waals surface area contributed by atoms with Gasteiger partial charge in [-0.15, -0.1) is 0 Å². The van der Waals surface area contributed by atoms with Crippen molar-refractivity contribution in [2.45, 2.75) is 31.8 Å². The molecule has 1 aromatic rings. The van der Waals surface area contributed by atoms with Gasteiger partial charge in [-0.05, 0) is 44.0 Å². The molecular formula is C13H20BrN3O. The molecule has 0 saturated heterocycles. The summed E-state index contributed by atoms with van der Waals surface area (Å²) in [5.74, 6) is -0.126. The Kier molecular flexibility index (Phi) is 6.32. The molecule has 18 heavy (non-hydrogen) atoms. The molecule has 0 bridgehead atoms. The molecule has 0 aromatic heterocycles. The maximum absolute atomic E-state index is 11.8. The SMILES string of the molecule is CC(NC(=O)[C@H](N)CCCN)c1ccc(Br)cc1. The van der Waals surface area contributed by atoms with Gasteiger partial charge in [-0.25, -0.2) is 0 Å². The lowest BCUT2D eigenvalue weighted by atomic mass is 10.1. The summed E-state index contributed by atoms with van der Waals surface area (Å²) >= 11 is 3.38. The topological polar surface area (TPSA) is 81.1 Å². The van der Waals surface area contributed by atoms with Crippen molar-refractivity contribution in [1.82, 2.24) is 5.32 Å². The molecule has 0 aliphatic carbocycles. The number of nitrogens with one attached hydrogen (secondary N) is 1. The van der Waals surface area contributed by atoms with E-state index in [2.05, 4.69) is 21.2 Å². The van der Waals surface area contributed by atoms with Crippen molar-refractivity contribution >= 4 is 21.8 Å². The average molecular weight is 314 g/mol. The minimum absolute atomic E-state index is 0.0467. The quantitative estimate of drug-likeness (QED) is 0.747. The van der Waals surface area contributed by atoms with E-state index in [1.807, 2.05) is 31.2 Å². The van der Waals surface area contributed by atoms with Crippen molar-refractivity contribution in [2.75, 3.05) is 6.54 Å². The Morgan fingerprint density at radius 1 is 1.39 bits per heavy atom. The molecule has 0 heterocycles. The van der Waals surface area contributed by atoms with E-state index in [1.54, 1.807) is 0 Å². The van der Waals surface area contributed by atoms with Gasteiger partial charge < -0.3 is 16.8 Å². The lowest BCUT2D eigenvalue weighted by molar-refractivity contribution is -0.123. The van der Waals surface area contributed by atoms with Crippen LogP contribution in [0.5, 0.6) is 0 Å². The monoisotopic (exact) mass is 313 g/mol. The molecule has 0 radical (unpaired) electrons. The summed E-state index contributed by atoms with van der Waals surface area (Å²) in [6.07, 6.45) is 1.39. The smallest absolute Gasteiger partial charge is 0.237 e. The number of halogens is 1. The molecule has 0 spiro atoms. The molecule has 1 unspecified atom stereocenters. The van der Waals surface area contributed by atoms with Crippen LogP contribution in [-0.4, -0.2) is 18.5 Å². The van der Waals surface area contributed by atoms with Crippen molar-refractivity contribution in [1.29, 1.82) is 0 Å². The molecule has 4 nitrogen and oxygen atoms in total. The fourth-order valence-electron chi connectivity index (χ4n) is 1.62. The fourth-order valence-corrected chi connectivity index (χ4v) is 1.89. The molecule has 0 saturated carbocycles. The van der Waals surface area contributed by atoms with Crippen LogP contribution < -0.4 is 16.8 Å². The third-order valence-electron chi connectivity index (χ3n) is 2.78. The third kappa shape index (κ3) is 4.76. The van der Waals surface area contributed by atoms with Gasteiger partial charge in [-0.1, -0.05) is 28.1 Å². The van der Waals surface area contributed by atoms with Crippen LogP contribution >= 0.6 is 15.9 Å². The number of amides is 1. The predicted molar refractivity (Wildman–Crippen MR) is 77.0 cm³/mol. The summed E-state index contributed by atoms with van der Waals surface area (Å²) in [5, 5.41) is 2.90. The number of carbonyl (C=O) groups is 1. The first-order chi connectivity index (χ1) is 8.54. The first-order valence-electron chi connectivity index (χ1n) is 6.06. The van der Waals surface area contributed by atoms with Crippen LogP contribution in [0.4, 0.5) is 0 Å².